The Hall–Kier alpha value is -0.540. The van der Waals surface area contributed by atoms with E-state index in [0.29, 0.717) is 6.04 Å². The van der Waals surface area contributed by atoms with E-state index in [2.05, 4.69) is 46.4 Å². The third-order valence-electron chi connectivity index (χ3n) is 4.66. The molecular weight excluding hydrogens is 314 g/mol. The van der Waals surface area contributed by atoms with Gasteiger partial charge in [0.15, 0.2) is 0 Å². The highest BCUT2D eigenvalue weighted by Crippen LogP contribution is 2.46. The van der Waals surface area contributed by atoms with Crippen LogP contribution in [0.25, 0.3) is 0 Å². The molecule has 1 aromatic carbocycles. The van der Waals surface area contributed by atoms with Gasteiger partial charge in [0.05, 0.1) is 0 Å². The zero-order chi connectivity index (χ0) is 14.0. The van der Waals surface area contributed by atoms with Crippen LogP contribution >= 0.6 is 15.9 Å². The Balaban J connectivity index is 1.90. The maximum absolute atomic E-state index is 6.46. The van der Waals surface area contributed by atoms with Crippen LogP contribution in [0, 0.1) is 0 Å². The summed E-state index contributed by atoms with van der Waals surface area (Å²) in [7, 11) is 0. The topological polar surface area (TPSA) is 21.3 Å². The fourth-order valence-corrected chi connectivity index (χ4v) is 4.02. The van der Waals surface area contributed by atoms with E-state index in [1.54, 1.807) is 0 Å². The average Bonchev–Trinajstić information content (AvgIpc) is 2.46. The van der Waals surface area contributed by atoms with Crippen LogP contribution in [0.2, 0.25) is 0 Å². The number of ether oxygens (including phenoxy) is 1. The van der Waals surface area contributed by atoms with Gasteiger partial charge in [0.2, 0.25) is 0 Å². The molecule has 1 aliphatic carbocycles. The highest BCUT2D eigenvalue weighted by Gasteiger charge is 2.41. The fraction of sp³-hybridized carbons (Fsp3) is 0.647. The van der Waals surface area contributed by atoms with Crippen molar-refractivity contribution in [1.82, 2.24) is 5.32 Å². The molecule has 110 valence electrons. The Kier molecular flexibility index (Phi) is 4.37. The van der Waals surface area contributed by atoms with Crippen LogP contribution in [0.4, 0.5) is 0 Å². The van der Waals surface area contributed by atoms with E-state index in [4.69, 9.17) is 4.74 Å². The largest absolute Gasteiger partial charge is 0.487 e. The van der Waals surface area contributed by atoms with E-state index in [0.717, 1.165) is 23.2 Å². The highest BCUT2D eigenvalue weighted by molar-refractivity contribution is 9.10. The number of rotatable bonds is 3. The van der Waals surface area contributed by atoms with Gasteiger partial charge in [-0.1, -0.05) is 29.3 Å². The number of benzene rings is 1. The van der Waals surface area contributed by atoms with Crippen molar-refractivity contribution in [3.8, 4) is 5.75 Å². The van der Waals surface area contributed by atoms with Gasteiger partial charge in [0.25, 0.3) is 0 Å². The van der Waals surface area contributed by atoms with Gasteiger partial charge in [0.1, 0.15) is 11.4 Å². The van der Waals surface area contributed by atoms with Gasteiger partial charge in [-0.15, -0.1) is 0 Å². The van der Waals surface area contributed by atoms with Crippen molar-refractivity contribution in [2.75, 3.05) is 6.54 Å². The number of fused-ring (bicyclic) bond motifs is 1. The van der Waals surface area contributed by atoms with Crippen molar-refractivity contribution in [1.29, 1.82) is 0 Å². The highest BCUT2D eigenvalue weighted by atomic mass is 79.9. The lowest BCUT2D eigenvalue weighted by atomic mass is 9.77. The van der Waals surface area contributed by atoms with Crippen molar-refractivity contribution in [3.05, 3.63) is 28.2 Å². The number of hydrogen-bond donors (Lipinski definition) is 1. The summed E-state index contributed by atoms with van der Waals surface area (Å²) in [6, 6.07) is 6.89. The van der Waals surface area contributed by atoms with E-state index in [9.17, 15) is 0 Å². The molecule has 1 heterocycles. The lowest BCUT2D eigenvalue weighted by molar-refractivity contribution is -0.00264. The molecule has 2 aliphatic rings. The molecule has 3 rings (SSSR count). The zero-order valence-electron chi connectivity index (χ0n) is 12.3. The molecule has 1 fully saturated rings. The molecule has 0 bridgehead atoms. The van der Waals surface area contributed by atoms with Gasteiger partial charge in [-0.2, -0.15) is 0 Å². The van der Waals surface area contributed by atoms with E-state index in [-0.39, 0.29) is 5.60 Å². The zero-order valence-corrected chi connectivity index (χ0v) is 13.8. The molecule has 1 saturated carbocycles. The number of hydrogen-bond acceptors (Lipinski definition) is 2. The second-order valence-corrected chi connectivity index (χ2v) is 7.15. The Morgan fingerprint density at radius 3 is 2.85 bits per heavy atom. The van der Waals surface area contributed by atoms with Gasteiger partial charge in [0, 0.05) is 22.5 Å². The van der Waals surface area contributed by atoms with Crippen LogP contribution in [-0.4, -0.2) is 12.1 Å². The molecule has 1 atom stereocenters. The lowest BCUT2D eigenvalue weighted by Crippen LogP contribution is -2.45. The third-order valence-corrected chi connectivity index (χ3v) is 5.15. The van der Waals surface area contributed by atoms with Crippen LogP contribution < -0.4 is 10.1 Å². The molecular formula is C17H24BrNO. The molecule has 0 aromatic heterocycles. The van der Waals surface area contributed by atoms with Gasteiger partial charge in [-0.05, 0) is 56.8 Å². The molecule has 0 radical (unpaired) electrons. The van der Waals surface area contributed by atoms with E-state index >= 15 is 0 Å². The average molecular weight is 338 g/mol. The SMILES string of the molecule is CCCNC1CC2(CCCCC2)Oc2ccc(Br)cc21. The minimum absolute atomic E-state index is 0.0878. The third kappa shape index (κ3) is 2.89. The molecule has 3 heteroatoms. The Bertz CT molecular complexity index is 468. The Morgan fingerprint density at radius 1 is 1.30 bits per heavy atom. The molecule has 1 unspecified atom stereocenters. The first-order chi connectivity index (χ1) is 9.72. The standard InChI is InChI=1S/C17H24BrNO/c1-2-10-19-15-12-17(8-4-3-5-9-17)20-16-7-6-13(18)11-14(15)16/h6-7,11,15,19H,2-5,8-10,12H2,1H3. The Labute approximate surface area is 130 Å². The lowest BCUT2D eigenvalue weighted by Gasteiger charge is -2.45. The van der Waals surface area contributed by atoms with Gasteiger partial charge < -0.3 is 10.1 Å². The van der Waals surface area contributed by atoms with Crippen molar-refractivity contribution in [3.63, 3.8) is 0 Å². The fourth-order valence-electron chi connectivity index (χ4n) is 3.64. The summed E-state index contributed by atoms with van der Waals surface area (Å²) in [5, 5.41) is 3.73. The van der Waals surface area contributed by atoms with Crippen LogP contribution in [0.15, 0.2) is 22.7 Å². The Morgan fingerprint density at radius 2 is 2.10 bits per heavy atom. The maximum Gasteiger partial charge on any atom is 0.125 e. The van der Waals surface area contributed by atoms with Gasteiger partial charge >= 0.3 is 0 Å². The van der Waals surface area contributed by atoms with Crippen molar-refractivity contribution >= 4 is 15.9 Å². The molecule has 1 spiro atoms. The molecule has 0 saturated heterocycles. The summed E-state index contributed by atoms with van der Waals surface area (Å²) in [6.07, 6.45) is 8.72. The van der Waals surface area contributed by atoms with E-state index in [1.165, 1.54) is 44.1 Å². The minimum atomic E-state index is 0.0878. The molecule has 0 amide bonds. The second kappa shape index (κ2) is 6.07. The normalized spacial score (nSPS) is 24.2. The second-order valence-electron chi connectivity index (χ2n) is 6.24. The number of halogens is 1. The molecule has 1 aromatic rings. The van der Waals surface area contributed by atoms with Crippen LogP contribution in [0.1, 0.15) is 63.5 Å². The van der Waals surface area contributed by atoms with E-state index < -0.39 is 0 Å². The molecule has 20 heavy (non-hydrogen) atoms. The monoisotopic (exact) mass is 337 g/mol. The summed E-state index contributed by atoms with van der Waals surface area (Å²) < 4.78 is 7.61. The van der Waals surface area contributed by atoms with Gasteiger partial charge in [-0.3, -0.25) is 0 Å². The predicted octanol–water partition coefficient (Wildman–Crippen LogP) is 4.98. The quantitative estimate of drug-likeness (QED) is 0.840. The summed E-state index contributed by atoms with van der Waals surface area (Å²) in [5.74, 6) is 1.09. The van der Waals surface area contributed by atoms with Crippen molar-refractivity contribution in [2.24, 2.45) is 0 Å². The summed E-state index contributed by atoms with van der Waals surface area (Å²) in [6.45, 7) is 3.30. The maximum atomic E-state index is 6.46. The van der Waals surface area contributed by atoms with Gasteiger partial charge in [-0.25, -0.2) is 0 Å². The van der Waals surface area contributed by atoms with Crippen LogP contribution in [0.5, 0.6) is 5.75 Å². The summed E-state index contributed by atoms with van der Waals surface area (Å²) >= 11 is 3.59. The molecule has 2 nitrogen and oxygen atoms in total. The van der Waals surface area contributed by atoms with Crippen LogP contribution in [0.3, 0.4) is 0 Å². The minimum Gasteiger partial charge on any atom is -0.487 e. The number of nitrogens with one attached hydrogen (secondary N) is 1. The molecule has 1 N–H and O–H groups in total. The van der Waals surface area contributed by atoms with Crippen molar-refractivity contribution < 1.29 is 4.74 Å². The predicted molar refractivity (Wildman–Crippen MR) is 86.2 cm³/mol. The first-order valence-electron chi connectivity index (χ1n) is 7.94. The smallest absolute Gasteiger partial charge is 0.125 e. The van der Waals surface area contributed by atoms with Crippen molar-refractivity contribution in [2.45, 2.75) is 63.5 Å². The molecule has 1 aliphatic heterocycles. The first kappa shape index (κ1) is 14.4. The van der Waals surface area contributed by atoms with E-state index in [1.807, 2.05) is 0 Å². The first-order valence-corrected chi connectivity index (χ1v) is 8.74. The summed E-state index contributed by atoms with van der Waals surface area (Å²) in [4.78, 5) is 0. The summed E-state index contributed by atoms with van der Waals surface area (Å²) in [5.41, 5.74) is 1.41. The van der Waals surface area contributed by atoms with Crippen LogP contribution in [-0.2, 0) is 0 Å².